The van der Waals surface area contributed by atoms with Crippen molar-refractivity contribution in [1.82, 2.24) is 5.32 Å². The highest BCUT2D eigenvalue weighted by Crippen LogP contribution is 2.56. The third kappa shape index (κ3) is 3.76. The molecule has 1 saturated carbocycles. The van der Waals surface area contributed by atoms with Gasteiger partial charge in [0, 0.05) is 17.4 Å². The first kappa shape index (κ1) is 21.6. The van der Waals surface area contributed by atoms with E-state index >= 15 is 0 Å². The lowest BCUT2D eigenvalue weighted by Crippen LogP contribution is -2.55. The molecule has 2 heterocycles. The van der Waals surface area contributed by atoms with Gasteiger partial charge in [0.05, 0.1) is 12.7 Å². The molecule has 0 unspecified atom stereocenters. The van der Waals surface area contributed by atoms with Crippen molar-refractivity contribution in [2.24, 2.45) is 23.2 Å². The van der Waals surface area contributed by atoms with Crippen molar-refractivity contribution in [3.05, 3.63) is 35.4 Å². The van der Waals surface area contributed by atoms with E-state index in [4.69, 9.17) is 18.9 Å². The average Bonchev–Trinajstić information content (AvgIpc) is 3.25. The number of rotatable bonds is 4. The Labute approximate surface area is 190 Å². The highest BCUT2D eigenvalue weighted by atomic mass is 16.7. The number of hydrogen-bond donors (Lipinski definition) is 1. The molecule has 0 aromatic heterocycles. The zero-order chi connectivity index (χ0) is 22.3. The van der Waals surface area contributed by atoms with Crippen molar-refractivity contribution in [3.8, 4) is 11.5 Å². The molecule has 6 heteroatoms. The lowest BCUT2D eigenvalue weighted by Gasteiger charge is -2.55. The van der Waals surface area contributed by atoms with Crippen LogP contribution in [0, 0.1) is 23.2 Å². The van der Waals surface area contributed by atoms with E-state index in [1.165, 1.54) is 24.8 Å². The molecule has 6 nitrogen and oxygen atoms in total. The number of hydrogen-bond acceptors (Lipinski definition) is 5. The fourth-order valence-electron chi connectivity index (χ4n) is 6.30. The van der Waals surface area contributed by atoms with Crippen molar-refractivity contribution >= 4 is 6.09 Å². The van der Waals surface area contributed by atoms with E-state index in [2.05, 4.69) is 38.2 Å². The largest absolute Gasteiger partial charge is 0.454 e. The predicted octanol–water partition coefficient (Wildman–Crippen LogP) is 5.38. The molecule has 32 heavy (non-hydrogen) atoms. The standard InChI is InChI=1S/C26H35NO5/c1-16-11-17(2)26(14-30-25(28)27-20-7-5-4-6-8-20)13-29-24(23(16)18(26)3)19-9-10-21-22(12-19)32-15-31-21/h9-12,17-18,20,23-24H,4-8,13-15H2,1-3H3,(H,27,28)/t17-,18+,23+,24-,26+/m0/s1. The summed E-state index contributed by atoms with van der Waals surface area (Å²) >= 11 is 0. The van der Waals surface area contributed by atoms with Crippen molar-refractivity contribution in [2.45, 2.75) is 65.0 Å². The number of alkyl carbamates (subject to hydrolysis) is 1. The van der Waals surface area contributed by atoms with Crippen LogP contribution in [0.1, 0.15) is 64.5 Å². The van der Waals surface area contributed by atoms with Crippen molar-refractivity contribution in [3.63, 3.8) is 0 Å². The highest BCUT2D eigenvalue weighted by molar-refractivity contribution is 5.67. The van der Waals surface area contributed by atoms with Crippen LogP contribution in [-0.2, 0) is 9.47 Å². The Kier molecular flexibility index (Phi) is 5.82. The molecular formula is C26H35NO5. The number of ether oxygens (including phenoxy) is 4. The van der Waals surface area contributed by atoms with Gasteiger partial charge in [-0.1, -0.05) is 50.8 Å². The van der Waals surface area contributed by atoms with Crippen molar-refractivity contribution < 1.29 is 23.7 Å². The number of nitrogens with one attached hydrogen (secondary N) is 1. The van der Waals surface area contributed by atoms with E-state index in [0.717, 1.165) is 29.9 Å². The van der Waals surface area contributed by atoms with Crippen molar-refractivity contribution in [1.29, 1.82) is 0 Å². The van der Waals surface area contributed by atoms with Gasteiger partial charge in [-0.3, -0.25) is 0 Å². The van der Waals surface area contributed by atoms with Crippen LogP contribution >= 0.6 is 0 Å². The molecule has 1 aromatic rings. The minimum atomic E-state index is -0.286. The first-order valence-electron chi connectivity index (χ1n) is 12.1. The van der Waals surface area contributed by atoms with Crippen LogP contribution in [0.4, 0.5) is 4.79 Å². The molecule has 2 bridgehead atoms. The zero-order valence-corrected chi connectivity index (χ0v) is 19.4. The Bertz CT molecular complexity index is 892. The maximum atomic E-state index is 12.6. The molecule has 1 N–H and O–H groups in total. The van der Waals surface area contributed by atoms with Gasteiger partial charge in [0.25, 0.3) is 0 Å². The highest BCUT2D eigenvalue weighted by Gasteiger charge is 2.54. The average molecular weight is 442 g/mol. The summed E-state index contributed by atoms with van der Waals surface area (Å²) < 4.78 is 23.5. The Balaban J connectivity index is 1.32. The molecule has 174 valence electrons. The molecule has 4 aliphatic rings. The summed E-state index contributed by atoms with van der Waals surface area (Å²) in [5.41, 5.74) is 2.23. The first-order chi connectivity index (χ1) is 15.5. The fraction of sp³-hybridized carbons (Fsp3) is 0.654. The zero-order valence-electron chi connectivity index (χ0n) is 19.4. The van der Waals surface area contributed by atoms with Crippen LogP contribution in [0.15, 0.2) is 29.8 Å². The van der Waals surface area contributed by atoms with Gasteiger partial charge in [-0.15, -0.1) is 0 Å². The molecule has 2 aliphatic carbocycles. The summed E-state index contributed by atoms with van der Waals surface area (Å²) in [6, 6.07) is 6.35. The van der Waals surface area contributed by atoms with Gasteiger partial charge in [0.1, 0.15) is 6.61 Å². The van der Waals surface area contributed by atoms with Crippen LogP contribution in [0.25, 0.3) is 0 Å². The van der Waals surface area contributed by atoms with Gasteiger partial charge < -0.3 is 24.3 Å². The maximum Gasteiger partial charge on any atom is 0.407 e. The van der Waals surface area contributed by atoms with E-state index < -0.39 is 0 Å². The summed E-state index contributed by atoms with van der Waals surface area (Å²) in [7, 11) is 0. The van der Waals surface area contributed by atoms with Crippen LogP contribution in [0.5, 0.6) is 11.5 Å². The van der Waals surface area contributed by atoms with Gasteiger partial charge >= 0.3 is 6.09 Å². The summed E-state index contributed by atoms with van der Waals surface area (Å²) in [5, 5.41) is 3.08. The van der Waals surface area contributed by atoms with Crippen LogP contribution in [0.2, 0.25) is 0 Å². The summed E-state index contributed by atoms with van der Waals surface area (Å²) in [6.45, 7) is 7.93. The third-order valence-corrected chi connectivity index (χ3v) is 8.37. The second-order valence-electron chi connectivity index (χ2n) is 10.1. The molecule has 1 amide bonds. The van der Waals surface area contributed by atoms with Crippen LogP contribution < -0.4 is 14.8 Å². The number of amides is 1. The van der Waals surface area contributed by atoms with Gasteiger partial charge in [-0.05, 0) is 49.3 Å². The normalized spacial score (nSPS) is 34.0. The minimum Gasteiger partial charge on any atom is -0.454 e. The Morgan fingerprint density at radius 1 is 1.16 bits per heavy atom. The molecule has 5 atom stereocenters. The van der Waals surface area contributed by atoms with Crippen LogP contribution in [0.3, 0.4) is 0 Å². The number of benzene rings is 1. The Morgan fingerprint density at radius 3 is 2.75 bits per heavy atom. The maximum absolute atomic E-state index is 12.6. The molecule has 5 rings (SSSR count). The van der Waals surface area contributed by atoms with E-state index in [1.54, 1.807) is 0 Å². The Hall–Kier alpha value is -2.21. The topological polar surface area (TPSA) is 66.0 Å². The summed E-state index contributed by atoms with van der Waals surface area (Å²) in [6.07, 6.45) is 7.76. The first-order valence-corrected chi connectivity index (χ1v) is 12.1. The van der Waals surface area contributed by atoms with Crippen LogP contribution in [-0.4, -0.2) is 32.1 Å². The van der Waals surface area contributed by atoms with Gasteiger partial charge in [0.2, 0.25) is 6.79 Å². The predicted molar refractivity (Wildman–Crippen MR) is 121 cm³/mol. The van der Waals surface area contributed by atoms with Gasteiger partial charge in [-0.2, -0.15) is 0 Å². The lowest BCUT2D eigenvalue weighted by atomic mass is 9.56. The number of allylic oxidation sites excluding steroid dienone is 1. The van der Waals surface area contributed by atoms with Crippen molar-refractivity contribution in [2.75, 3.05) is 20.0 Å². The Morgan fingerprint density at radius 2 is 1.94 bits per heavy atom. The second kappa shape index (κ2) is 8.62. The quantitative estimate of drug-likeness (QED) is 0.636. The fourth-order valence-corrected chi connectivity index (χ4v) is 6.30. The number of fused-ring (bicyclic) bond motifs is 3. The lowest BCUT2D eigenvalue weighted by molar-refractivity contribution is -0.165. The molecule has 1 aromatic carbocycles. The van der Waals surface area contributed by atoms with E-state index in [0.29, 0.717) is 19.1 Å². The van der Waals surface area contributed by atoms with Gasteiger partial charge in [0.15, 0.2) is 11.5 Å². The second-order valence-corrected chi connectivity index (χ2v) is 10.1. The summed E-state index contributed by atoms with van der Waals surface area (Å²) in [4.78, 5) is 12.6. The molecule has 2 fully saturated rings. The number of carbonyl (C=O) groups excluding carboxylic acids is 1. The van der Waals surface area contributed by atoms with E-state index in [9.17, 15) is 4.79 Å². The summed E-state index contributed by atoms with van der Waals surface area (Å²) in [5.74, 6) is 2.38. The molecular weight excluding hydrogens is 406 g/mol. The molecule has 2 aliphatic heterocycles. The SMILES string of the molecule is CC1=C[C@H](C)[C@]2(COC(=O)NC3CCCCC3)CO[C@@H](c3ccc4c(c3)OCO4)[C@H]1[C@H]2C. The van der Waals surface area contributed by atoms with E-state index in [1.807, 2.05) is 12.1 Å². The molecule has 0 spiro atoms. The third-order valence-electron chi connectivity index (χ3n) is 8.37. The van der Waals surface area contributed by atoms with Gasteiger partial charge in [-0.25, -0.2) is 4.79 Å². The minimum absolute atomic E-state index is 0.0487. The van der Waals surface area contributed by atoms with E-state index in [-0.39, 0.29) is 42.3 Å². The molecule has 0 radical (unpaired) electrons. The molecule has 1 saturated heterocycles. The smallest absolute Gasteiger partial charge is 0.407 e. The number of carbonyl (C=O) groups is 1. The monoisotopic (exact) mass is 441 g/mol.